The maximum Gasteiger partial charge on any atom is 0.341 e. The van der Waals surface area contributed by atoms with Crippen molar-refractivity contribution in [1.82, 2.24) is 9.99 Å². The molecule has 9 heteroatoms. The lowest BCUT2D eigenvalue weighted by atomic mass is 9.69. The topological polar surface area (TPSA) is 108 Å². The van der Waals surface area contributed by atoms with Crippen LogP contribution in [0.3, 0.4) is 0 Å². The lowest BCUT2D eigenvalue weighted by Crippen LogP contribution is -2.43. The first kappa shape index (κ1) is 20.4. The number of amidine groups is 1. The summed E-state index contributed by atoms with van der Waals surface area (Å²) in [6, 6.07) is 1.66. The SMILES string of the molecule is COC(=O)c1cnc(NC(=O)C2CC2)cc1NC1=NC2=CC=CC3=NN(C)CC23CC1C. The van der Waals surface area contributed by atoms with Gasteiger partial charge in [0.25, 0.3) is 0 Å². The number of nitrogens with zero attached hydrogens (tertiary/aromatic N) is 4. The summed E-state index contributed by atoms with van der Waals surface area (Å²) in [6.45, 7) is 2.90. The van der Waals surface area contributed by atoms with E-state index in [-0.39, 0.29) is 28.7 Å². The zero-order valence-corrected chi connectivity index (χ0v) is 18.4. The van der Waals surface area contributed by atoms with Crippen LogP contribution < -0.4 is 10.6 Å². The molecule has 4 aliphatic rings. The second-order valence-corrected chi connectivity index (χ2v) is 8.89. The van der Waals surface area contributed by atoms with Gasteiger partial charge in [0.1, 0.15) is 17.2 Å². The Morgan fingerprint density at radius 2 is 2.12 bits per heavy atom. The van der Waals surface area contributed by atoms with Gasteiger partial charge in [0.05, 0.1) is 36.2 Å². The van der Waals surface area contributed by atoms with Gasteiger partial charge >= 0.3 is 5.97 Å². The molecule has 1 fully saturated rings. The average Bonchev–Trinajstić information content (AvgIpc) is 3.56. The molecule has 2 aliphatic carbocycles. The molecule has 3 heterocycles. The van der Waals surface area contributed by atoms with Crippen molar-refractivity contribution in [3.63, 3.8) is 0 Å². The highest BCUT2D eigenvalue weighted by Crippen LogP contribution is 2.46. The lowest BCUT2D eigenvalue weighted by Gasteiger charge is -2.39. The molecule has 9 nitrogen and oxygen atoms in total. The summed E-state index contributed by atoms with van der Waals surface area (Å²) >= 11 is 0. The van der Waals surface area contributed by atoms with Gasteiger partial charge in [-0.05, 0) is 31.4 Å². The number of methoxy groups -OCH3 is 1. The molecule has 2 unspecified atom stereocenters. The highest BCUT2D eigenvalue weighted by molar-refractivity contribution is 6.09. The van der Waals surface area contributed by atoms with Gasteiger partial charge in [-0.25, -0.2) is 14.8 Å². The van der Waals surface area contributed by atoms with Crippen LogP contribution in [0.5, 0.6) is 0 Å². The third-order valence-corrected chi connectivity index (χ3v) is 6.40. The fourth-order valence-corrected chi connectivity index (χ4v) is 4.62. The number of carbonyl (C=O) groups is 2. The number of rotatable bonds is 4. The largest absolute Gasteiger partial charge is 0.465 e. The van der Waals surface area contributed by atoms with Crippen LogP contribution in [-0.4, -0.2) is 54.1 Å². The molecule has 1 saturated carbocycles. The van der Waals surface area contributed by atoms with E-state index < -0.39 is 5.97 Å². The Balaban J connectivity index is 1.47. The van der Waals surface area contributed by atoms with E-state index in [0.717, 1.165) is 43.1 Å². The van der Waals surface area contributed by atoms with Gasteiger partial charge in [-0.2, -0.15) is 5.10 Å². The van der Waals surface area contributed by atoms with Crippen molar-refractivity contribution in [2.45, 2.75) is 26.2 Å². The van der Waals surface area contributed by atoms with Crippen molar-refractivity contribution in [3.8, 4) is 0 Å². The van der Waals surface area contributed by atoms with E-state index in [1.165, 1.54) is 13.3 Å². The van der Waals surface area contributed by atoms with Crippen molar-refractivity contribution in [3.05, 3.63) is 41.8 Å². The molecular weight excluding hydrogens is 408 g/mol. The van der Waals surface area contributed by atoms with Crippen molar-refractivity contribution >= 4 is 34.9 Å². The van der Waals surface area contributed by atoms with E-state index in [1.807, 2.05) is 24.2 Å². The molecule has 2 atom stereocenters. The van der Waals surface area contributed by atoms with E-state index >= 15 is 0 Å². The first-order valence-electron chi connectivity index (χ1n) is 10.8. The van der Waals surface area contributed by atoms with Crippen LogP contribution in [0, 0.1) is 17.3 Å². The number of anilines is 2. The first-order chi connectivity index (χ1) is 15.4. The maximum absolute atomic E-state index is 12.4. The zero-order valence-electron chi connectivity index (χ0n) is 18.4. The van der Waals surface area contributed by atoms with Crippen LogP contribution >= 0.6 is 0 Å². The highest BCUT2D eigenvalue weighted by atomic mass is 16.5. The molecule has 0 bridgehead atoms. The summed E-state index contributed by atoms with van der Waals surface area (Å²) in [5.41, 5.74) is 2.58. The van der Waals surface area contributed by atoms with E-state index in [2.05, 4.69) is 33.7 Å². The van der Waals surface area contributed by atoms with Crippen LogP contribution in [0.15, 0.2) is 46.3 Å². The molecule has 2 aliphatic heterocycles. The number of hydrogen-bond acceptors (Lipinski definition) is 8. The lowest BCUT2D eigenvalue weighted by molar-refractivity contribution is -0.117. The Bertz CT molecular complexity index is 1120. The fourth-order valence-electron chi connectivity index (χ4n) is 4.62. The van der Waals surface area contributed by atoms with Crippen LogP contribution in [0.1, 0.15) is 36.5 Å². The Morgan fingerprint density at radius 3 is 2.88 bits per heavy atom. The Hall–Kier alpha value is -3.49. The van der Waals surface area contributed by atoms with Crippen molar-refractivity contribution in [2.75, 3.05) is 31.3 Å². The molecule has 0 radical (unpaired) electrons. The minimum atomic E-state index is -0.507. The van der Waals surface area contributed by atoms with E-state index in [9.17, 15) is 9.59 Å². The summed E-state index contributed by atoms with van der Waals surface area (Å²) in [5.74, 6) is 0.743. The molecule has 1 aromatic heterocycles. The maximum atomic E-state index is 12.4. The van der Waals surface area contributed by atoms with Gasteiger partial charge in [-0.3, -0.25) is 9.80 Å². The molecule has 5 rings (SSSR count). The molecule has 1 amide bonds. The summed E-state index contributed by atoms with van der Waals surface area (Å²) < 4.78 is 4.93. The molecule has 32 heavy (non-hydrogen) atoms. The van der Waals surface area contributed by atoms with Crippen LogP contribution in [-0.2, 0) is 9.53 Å². The summed E-state index contributed by atoms with van der Waals surface area (Å²) in [7, 11) is 3.31. The van der Waals surface area contributed by atoms with Crippen molar-refractivity contribution in [1.29, 1.82) is 0 Å². The average molecular weight is 435 g/mol. The van der Waals surface area contributed by atoms with Crippen LogP contribution in [0.25, 0.3) is 0 Å². The molecule has 2 N–H and O–H groups in total. The van der Waals surface area contributed by atoms with Gasteiger partial charge in [0.15, 0.2) is 0 Å². The molecule has 0 saturated heterocycles. The van der Waals surface area contributed by atoms with Crippen molar-refractivity contribution < 1.29 is 14.3 Å². The Labute approximate surface area is 186 Å². The van der Waals surface area contributed by atoms with Gasteiger partial charge in [-0.1, -0.05) is 13.0 Å². The first-order valence-corrected chi connectivity index (χ1v) is 10.8. The van der Waals surface area contributed by atoms with E-state index in [0.29, 0.717) is 11.5 Å². The molecule has 1 spiro atoms. The number of carbonyl (C=O) groups excluding carboxylic acids is 2. The fraction of sp³-hybridized carbons (Fsp3) is 0.435. The van der Waals surface area contributed by atoms with Crippen LogP contribution in [0.2, 0.25) is 0 Å². The third-order valence-electron chi connectivity index (χ3n) is 6.40. The standard InChI is InChI=1S/C23H26N6O3/c1-13-10-23-12-29(2)28-18(23)6-4-5-17(23)26-20(13)25-16-9-19(27-21(30)14-7-8-14)24-11-15(16)22(31)32-3/h4-6,9,11,13-14H,7-8,10,12H2,1-3H3,(H2,24,25,26,27,30). The number of nitrogens with one attached hydrogen (secondary N) is 2. The predicted octanol–water partition coefficient (Wildman–Crippen LogP) is 2.81. The number of hydrogen-bond donors (Lipinski definition) is 2. The molecular formula is C23H26N6O3. The van der Waals surface area contributed by atoms with Gasteiger partial charge < -0.3 is 15.4 Å². The minimum Gasteiger partial charge on any atom is -0.465 e. The molecule has 0 aromatic carbocycles. The highest BCUT2D eigenvalue weighted by Gasteiger charge is 2.49. The Morgan fingerprint density at radius 1 is 1.31 bits per heavy atom. The monoisotopic (exact) mass is 434 g/mol. The molecule has 166 valence electrons. The second-order valence-electron chi connectivity index (χ2n) is 8.89. The predicted molar refractivity (Wildman–Crippen MR) is 121 cm³/mol. The number of aromatic nitrogens is 1. The summed E-state index contributed by atoms with van der Waals surface area (Å²) in [5, 5.41) is 12.8. The summed E-state index contributed by atoms with van der Waals surface area (Å²) in [6.07, 6.45) is 10.1. The van der Waals surface area contributed by atoms with E-state index in [1.54, 1.807) is 6.07 Å². The van der Waals surface area contributed by atoms with Gasteiger partial charge in [0, 0.05) is 31.1 Å². The van der Waals surface area contributed by atoms with Gasteiger partial charge in [-0.15, -0.1) is 0 Å². The second kappa shape index (κ2) is 7.58. The number of allylic oxidation sites excluding steroid dienone is 3. The van der Waals surface area contributed by atoms with E-state index in [4.69, 9.17) is 9.73 Å². The number of amides is 1. The number of hydrazone groups is 1. The normalized spacial score (nSPS) is 25.8. The smallest absolute Gasteiger partial charge is 0.341 e. The zero-order chi connectivity index (χ0) is 22.5. The quantitative estimate of drug-likeness (QED) is 0.706. The summed E-state index contributed by atoms with van der Waals surface area (Å²) in [4.78, 5) is 33.7. The van der Waals surface area contributed by atoms with Crippen molar-refractivity contribution in [2.24, 2.45) is 27.3 Å². The number of ether oxygens (including phenoxy) is 1. The molecule has 1 aromatic rings. The number of esters is 1. The van der Waals surface area contributed by atoms with Crippen LogP contribution in [0.4, 0.5) is 11.5 Å². The van der Waals surface area contributed by atoms with Gasteiger partial charge in [0.2, 0.25) is 5.91 Å². The number of pyridine rings is 1. The Kier molecular flexibility index (Phi) is 4.83. The minimum absolute atomic E-state index is 0.0455. The number of aliphatic imine (C=N–C) groups is 1. The third kappa shape index (κ3) is 3.47.